The van der Waals surface area contributed by atoms with E-state index in [1.807, 2.05) is 0 Å². The van der Waals surface area contributed by atoms with Crippen molar-refractivity contribution in [2.24, 2.45) is 29.6 Å². The Morgan fingerprint density at radius 1 is 0.941 bits per heavy atom. The van der Waals surface area contributed by atoms with E-state index < -0.39 is 0 Å². The minimum Gasteiger partial charge on any atom is -0.315 e. The molecule has 2 nitrogen and oxygen atoms in total. The molecule has 0 spiro atoms. The normalized spacial score (nSPS) is 52.2. The minimum atomic E-state index is 0.771. The van der Waals surface area contributed by atoms with Gasteiger partial charge in [-0.2, -0.15) is 0 Å². The molecule has 4 aliphatic carbocycles. The lowest BCUT2D eigenvalue weighted by molar-refractivity contribution is -0.0361. The molecule has 0 radical (unpaired) electrons. The number of nitrogens with one attached hydrogen (secondary N) is 2. The van der Waals surface area contributed by atoms with Gasteiger partial charge in [0.2, 0.25) is 0 Å². The van der Waals surface area contributed by atoms with Gasteiger partial charge in [-0.05, 0) is 81.2 Å². The van der Waals surface area contributed by atoms with Gasteiger partial charge in [0, 0.05) is 12.6 Å². The number of hydrogen-bond donors (Lipinski definition) is 2. The highest BCUT2D eigenvalue weighted by Crippen LogP contribution is 2.56. The third-order valence-corrected chi connectivity index (χ3v) is 6.12. The molecule has 1 heterocycles. The second kappa shape index (κ2) is 4.24. The van der Waals surface area contributed by atoms with Gasteiger partial charge in [-0.25, -0.2) is 0 Å². The summed E-state index contributed by atoms with van der Waals surface area (Å²) in [7, 11) is 0. The molecule has 0 aromatic carbocycles. The Labute approximate surface area is 105 Å². The van der Waals surface area contributed by atoms with Crippen LogP contribution in [-0.2, 0) is 0 Å². The molecule has 1 aliphatic heterocycles. The second-order valence-corrected chi connectivity index (χ2v) is 7.19. The zero-order valence-electron chi connectivity index (χ0n) is 10.8. The summed E-state index contributed by atoms with van der Waals surface area (Å²) in [4.78, 5) is 0. The van der Waals surface area contributed by atoms with Crippen LogP contribution in [0.3, 0.4) is 0 Å². The smallest absolute Gasteiger partial charge is 0.0204 e. The van der Waals surface area contributed by atoms with Crippen LogP contribution in [-0.4, -0.2) is 25.7 Å². The van der Waals surface area contributed by atoms with E-state index in [4.69, 9.17) is 0 Å². The summed E-state index contributed by atoms with van der Waals surface area (Å²) in [5.41, 5.74) is 0. The zero-order valence-corrected chi connectivity index (χ0v) is 10.8. The number of hydrogen-bond acceptors (Lipinski definition) is 2. The lowest BCUT2D eigenvalue weighted by Gasteiger charge is -2.54. The van der Waals surface area contributed by atoms with Gasteiger partial charge in [-0.3, -0.25) is 0 Å². The van der Waals surface area contributed by atoms with Crippen LogP contribution in [0.15, 0.2) is 0 Å². The third kappa shape index (κ3) is 1.94. The molecule has 0 aromatic heterocycles. The van der Waals surface area contributed by atoms with Gasteiger partial charge in [0.15, 0.2) is 0 Å². The van der Waals surface area contributed by atoms with Gasteiger partial charge >= 0.3 is 0 Å². The summed E-state index contributed by atoms with van der Waals surface area (Å²) in [6.45, 7) is 3.74. The first-order valence-electron chi connectivity index (χ1n) is 7.82. The van der Waals surface area contributed by atoms with Gasteiger partial charge in [-0.15, -0.1) is 0 Å². The van der Waals surface area contributed by atoms with E-state index in [0.29, 0.717) is 0 Å². The molecule has 1 saturated heterocycles. The largest absolute Gasteiger partial charge is 0.315 e. The SMILES string of the molecule is C1CC(NCC2C3CC4CC(C3)CC2C4)CN1. The average Bonchev–Trinajstić information content (AvgIpc) is 2.80. The molecule has 96 valence electrons. The van der Waals surface area contributed by atoms with Crippen LogP contribution < -0.4 is 10.6 Å². The fourth-order valence-electron chi connectivity index (χ4n) is 5.50. The van der Waals surface area contributed by atoms with E-state index in [1.165, 1.54) is 26.1 Å². The first kappa shape index (κ1) is 10.8. The van der Waals surface area contributed by atoms with E-state index in [-0.39, 0.29) is 0 Å². The Bertz CT molecular complexity index is 255. The molecular weight excluding hydrogens is 208 g/mol. The number of rotatable bonds is 3. The summed E-state index contributed by atoms with van der Waals surface area (Å²) in [5.74, 6) is 5.47. The standard InChI is InChI=1S/C15H26N2/c1-2-16-8-14(1)17-9-15-12-4-10-3-11(6-12)7-13(15)5-10/h10-17H,1-9H2. The maximum absolute atomic E-state index is 3.85. The topological polar surface area (TPSA) is 24.1 Å². The van der Waals surface area contributed by atoms with Gasteiger partial charge in [0.05, 0.1) is 0 Å². The average molecular weight is 234 g/mol. The Balaban J connectivity index is 1.37. The van der Waals surface area contributed by atoms with Crippen molar-refractivity contribution in [3.63, 3.8) is 0 Å². The van der Waals surface area contributed by atoms with Crippen LogP contribution in [0.5, 0.6) is 0 Å². The van der Waals surface area contributed by atoms with Gasteiger partial charge in [0.1, 0.15) is 0 Å². The van der Waals surface area contributed by atoms with Crippen LogP contribution in [0, 0.1) is 29.6 Å². The van der Waals surface area contributed by atoms with Crippen molar-refractivity contribution in [1.82, 2.24) is 10.6 Å². The summed E-state index contributed by atoms with van der Waals surface area (Å²) < 4.78 is 0. The molecule has 2 heteroatoms. The Hall–Kier alpha value is -0.0800. The van der Waals surface area contributed by atoms with Crippen molar-refractivity contribution in [1.29, 1.82) is 0 Å². The fourth-order valence-corrected chi connectivity index (χ4v) is 5.50. The van der Waals surface area contributed by atoms with E-state index in [2.05, 4.69) is 10.6 Å². The van der Waals surface area contributed by atoms with Crippen molar-refractivity contribution in [2.45, 2.75) is 44.6 Å². The van der Waals surface area contributed by atoms with Gasteiger partial charge in [-0.1, -0.05) is 0 Å². The maximum atomic E-state index is 3.85. The van der Waals surface area contributed by atoms with Crippen molar-refractivity contribution in [2.75, 3.05) is 19.6 Å². The summed E-state index contributed by atoms with van der Waals surface area (Å²) in [6.07, 6.45) is 9.21. The Kier molecular flexibility index (Phi) is 2.69. The molecule has 2 N–H and O–H groups in total. The summed E-state index contributed by atoms with van der Waals surface area (Å²) >= 11 is 0. The predicted molar refractivity (Wildman–Crippen MR) is 69.8 cm³/mol. The first-order valence-corrected chi connectivity index (χ1v) is 7.82. The van der Waals surface area contributed by atoms with Crippen molar-refractivity contribution in [3.8, 4) is 0 Å². The lowest BCUT2D eigenvalue weighted by atomic mass is 9.52. The van der Waals surface area contributed by atoms with Crippen LogP contribution in [0.2, 0.25) is 0 Å². The molecule has 4 saturated carbocycles. The van der Waals surface area contributed by atoms with Crippen molar-refractivity contribution >= 4 is 0 Å². The third-order valence-electron chi connectivity index (χ3n) is 6.12. The predicted octanol–water partition coefficient (Wildman–Crippen LogP) is 2.01. The highest BCUT2D eigenvalue weighted by atomic mass is 15.0. The molecule has 1 unspecified atom stereocenters. The molecule has 1 atom stereocenters. The quantitative estimate of drug-likeness (QED) is 0.780. The highest BCUT2D eigenvalue weighted by molar-refractivity contribution is 4.99. The zero-order chi connectivity index (χ0) is 11.2. The second-order valence-electron chi connectivity index (χ2n) is 7.19. The highest BCUT2D eigenvalue weighted by Gasteiger charge is 2.47. The molecule has 5 aliphatic rings. The lowest BCUT2D eigenvalue weighted by Crippen LogP contribution is -2.49. The molecule has 4 bridgehead atoms. The molecule has 5 rings (SSSR count). The van der Waals surface area contributed by atoms with Crippen molar-refractivity contribution < 1.29 is 0 Å². The molecule has 17 heavy (non-hydrogen) atoms. The Morgan fingerprint density at radius 3 is 2.24 bits per heavy atom. The fraction of sp³-hybridized carbons (Fsp3) is 1.00. The van der Waals surface area contributed by atoms with Crippen molar-refractivity contribution in [3.05, 3.63) is 0 Å². The molecule has 0 aromatic rings. The monoisotopic (exact) mass is 234 g/mol. The van der Waals surface area contributed by atoms with Crippen LogP contribution in [0.1, 0.15) is 38.5 Å². The van der Waals surface area contributed by atoms with E-state index in [0.717, 1.165) is 35.6 Å². The van der Waals surface area contributed by atoms with Crippen LogP contribution in [0.25, 0.3) is 0 Å². The van der Waals surface area contributed by atoms with Gasteiger partial charge in [0.25, 0.3) is 0 Å². The van der Waals surface area contributed by atoms with Crippen LogP contribution >= 0.6 is 0 Å². The summed E-state index contributed by atoms with van der Waals surface area (Å²) in [6, 6.07) is 0.771. The van der Waals surface area contributed by atoms with E-state index in [9.17, 15) is 0 Å². The molecule has 0 amide bonds. The maximum Gasteiger partial charge on any atom is 0.0204 e. The summed E-state index contributed by atoms with van der Waals surface area (Å²) in [5, 5.41) is 7.31. The molecule has 5 fully saturated rings. The minimum absolute atomic E-state index is 0.771. The Morgan fingerprint density at radius 2 is 1.65 bits per heavy atom. The first-order chi connectivity index (χ1) is 8.38. The van der Waals surface area contributed by atoms with E-state index in [1.54, 1.807) is 32.1 Å². The van der Waals surface area contributed by atoms with Gasteiger partial charge < -0.3 is 10.6 Å². The van der Waals surface area contributed by atoms with Crippen LogP contribution in [0.4, 0.5) is 0 Å². The molecular formula is C15H26N2. The van der Waals surface area contributed by atoms with E-state index >= 15 is 0 Å².